The van der Waals surface area contributed by atoms with Gasteiger partial charge < -0.3 is 20.2 Å². The smallest absolute Gasteiger partial charge is 0.0999 e. The lowest BCUT2D eigenvalue weighted by molar-refractivity contribution is 1.02. The summed E-state index contributed by atoms with van der Waals surface area (Å²) in [5.41, 5.74) is 19.7. The van der Waals surface area contributed by atoms with Crippen molar-refractivity contribution in [2.45, 2.75) is 42.5 Å². The standard InChI is InChI=1S/C23H21N3.C17H15ClN2.C6H7N.CH4S.2CH4/c1-17-8-6-9-18(2)23(17)26-15-22(24-16-26)19-10-7-13-21(14-19)25-20-11-4-3-5-12-20;1-12-5-3-6-13(2)17(12)20-10-16(19-11-20)14-7-4-8-15(18)9-14;7-6-4-2-1-3-5-6;1-2;;/h3-16,25H,1-2H3;3-11H,1-2H3;1-5H,7H2;2H,1H3;2*1H4. The molecule has 0 fully saturated rings. The van der Waals surface area contributed by atoms with Crippen molar-refractivity contribution in [3.05, 3.63) is 198 Å². The summed E-state index contributed by atoms with van der Waals surface area (Å²) in [5, 5.41) is 4.16. The minimum Gasteiger partial charge on any atom is -0.399 e. The van der Waals surface area contributed by atoms with Gasteiger partial charge in [0.05, 0.1) is 35.4 Å². The highest BCUT2D eigenvalue weighted by atomic mass is 35.5. The second-order valence-electron chi connectivity index (χ2n) is 12.8. The van der Waals surface area contributed by atoms with Gasteiger partial charge in [-0.25, -0.2) is 9.97 Å². The second-order valence-corrected chi connectivity index (χ2v) is 13.2. The number of aryl methyl sites for hydroxylation is 4. The van der Waals surface area contributed by atoms with E-state index in [-0.39, 0.29) is 14.9 Å². The molecule has 57 heavy (non-hydrogen) atoms. The number of nitrogen functional groups attached to an aromatic ring is 1. The maximum Gasteiger partial charge on any atom is 0.0999 e. The second kappa shape index (κ2) is 22.5. The lowest BCUT2D eigenvalue weighted by atomic mass is 10.1. The molecule has 8 heteroatoms. The van der Waals surface area contributed by atoms with E-state index in [4.69, 9.17) is 17.3 Å². The summed E-state index contributed by atoms with van der Waals surface area (Å²) in [6.45, 7) is 8.49. The molecule has 294 valence electrons. The van der Waals surface area contributed by atoms with E-state index in [9.17, 15) is 0 Å². The highest BCUT2D eigenvalue weighted by Gasteiger charge is 2.10. The Kier molecular flexibility index (Phi) is 17.9. The Labute approximate surface area is 350 Å². The number of halogens is 1. The molecule has 0 unspecified atom stereocenters. The van der Waals surface area contributed by atoms with Gasteiger partial charge in [0, 0.05) is 45.6 Å². The Morgan fingerprint density at radius 3 is 1.35 bits per heavy atom. The Hall–Kier alpha value is -6.02. The highest BCUT2D eigenvalue weighted by Crippen LogP contribution is 2.27. The van der Waals surface area contributed by atoms with Crippen LogP contribution in [0.4, 0.5) is 17.1 Å². The monoisotopic (exact) mass is 794 g/mol. The Bertz CT molecular complexity index is 2360. The number of hydrogen-bond acceptors (Lipinski definition) is 5. The van der Waals surface area contributed by atoms with Crippen molar-refractivity contribution in [3.63, 3.8) is 0 Å². The van der Waals surface area contributed by atoms with Gasteiger partial charge in [-0.2, -0.15) is 12.6 Å². The zero-order valence-corrected chi connectivity index (χ0v) is 33.5. The lowest BCUT2D eigenvalue weighted by Crippen LogP contribution is -1.96. The van der Waals surface area contributed by atoms with Crippen LogP contribution in [-0.2, 0) is 0 Å². The molecule has 0 saturated carbocycles. The van der Waals surface area contributed by atoms with Crippen molar-refractivity contribution in [1.82, 2.24) is 19.1 Å². The molecule has 0 saturated heterocycles. The summed E-state index contributed by atoms with van der Waals surface area (Å²) >= 11 is 9.56. The van der Waals surface area contributed by atoms with Gasteiger partial charge in [-0.15, -0.1) is 0 Å². The minimum atomic E-state index is 0. The molecule has 0 amide bonds. The van der Waals surface area contributed by atoms with Crippen molar-refractivity contribution in [2.24, 2.45) is 0 Å². The third-order valence-electron chi connectivity index (χ3n) is 8.70. The Balaban J connectivity index is 0.000000249. The quantitative estimate of drug-likeness (QED) is 0.116. The van der Waals surface area contributed by atoms with Crippen molar-refractivity contribution in [1.29, 1.82) is 0 Å². The van der Waals surface area contributed by atoms with Crippen molar-refractivity contribution < 1.29 is 0 Å². The number of benzene rings is 6. The molecule has 2 aromatic heterocycles. The molecule has 0 atom stereocenters. The van der Waals surface area contributed by atoms with E-state index in [1.807, 2.05) is 91.6 Å². The van der Waals surface area contributed by atoms with Crippen LogP contribution < -0.4 is 11.1 Å². The fraction of sp³-hybridized carbons (Fsp3) is 0.143. The predicted octanol–water partition coefficient (Wildman–Crippen LogP) is 13.8. The number of nitrogens with two attached hydrogens (primary N) is 1. The molecular formula is C49H55ClN6S. The molecule has 0 radical (unpaired) electrons. The number of anilines is 3. The van der Waals surface area contributed by atoms with Crippen LogP contribution in [0.2, 0.25) is 5.02 Å². The summed E-state index contributed by atoms with van der Waals surface area (Å²) in [6.07, 6.45) is 9.57. The van der Waals surface area contributed by atoms with Crippen LogP contribution in [-0.4, -0.2) is 25.4 Å². The molecule has 0 aliphatic heterocycles. The number of thiol groups is 1. The summed E-state index contributed by atoms with van der Waals surface area (Å²) < 4.78 is 4.18. The lowest BCUT2D eigenvalue weighted by Gasteiger charge is -2.10. The first kappa shape index (κ1) is 45.4. The van der Waals surface area contributed by atoms with Crippen LogP contribution in [0.5, 0.6) is 0 Å². The molecule has 0 aliphatic rings. The van der Waals surface area contributed by atoms with Crippen LogP contribution in [0.15, 0.2) is 171 Å². The normalized spacial score (nSPS) is 9.81. The molecule has 6 nitrogen and oxygen atoms in total. The first-order chi connectivity index (χ1) is 26.7. The van der Waals surface area contributed by atoms with Crippen LogP contribution in [0, 0.1) is 27.7 Å². The van der Waals surface area contributed by atoms with Gasteiger partial charge in [0.2, 0.25) is 0 Å². The average Bonchev–Trinajstić information content (AvgIpc) is 3.89. The molecular weight excluding hydrogens is 740 g/mol. The molecule has 0 aliphatic carbocycles. The molecule has 8 aromatic rings. The van der Waals surface area contributed by atoms with Crippen molar-refractivity contribution in [3.8, 4) is 33.9 Å². The average molecular weight is 796 g/mol. The summed E-state index contributed by atoms with van der Waals surface area (Å²) in [7, 11) is 0. The molecule has 6 aromatic carbocycles. The number of nitrogens with one attached hydrogen (secondary N) is 1. The SMILES string of the molecule is C.C.CS.Cc1cccc(C)c1-n1cnc(-c2cccc(Cl)c2)c1.Cc1cccc(C)c1-n1cnc(-c2cccc(Nc3ccccc3)c2)c1.Nc1ccccc1. The third kappa shape index (κ3) is 12.5. The van der Waals surface area contributed by atoms with Gasteiger partial charge in [0.15, 0.2) is 0 Å². The van der Waals surface area contributed by atoms with E-state index < -0.39 is 0 Å². The Morgan fingerprint density at radius 1 is 0.509 bits per heavy atom. The van der Waals surface area contributed by atoms with Gasteiger partial charge >= 0.3 is 0 Å². The van der Waals surface area contributed by atoms with Crippen molar-refractivity contribution >= 4 is 41.3 Å². The maximum atomic E-state index is 6.03. The summed E-state index contributed by atoms with van der Waals surface area (Å²) in [4.78, 5) is 9.12. The molecule has 0 spiro atoms. The molecule has 0 bridgehead atoms. The first-order valence-corrected chi connectivity index (χ1v) is 19.2. The highest BCUT2D eigenvalue weighted by molar-refractivity contribution is 7.79. The fourth-order valence-corrected chi connectivity index (χ4v) is 6.35. The number of para-hydroxylation sites is 4. The maximum absolute atomic E-state index is 6.03. The van der Waals surface area contributed by atoms with E-state index in [0.717, 1.165) is 44.6 Å². The number of nitrogens with zero attached hydrogens (tertiary/aromatic N) is 4. The largest absolute Gasteiger partial charge is 0.399 e. The number of aromatic nitrogens is 4. The third-order valence-corrected chi connectivity index (χ3v) is 8.94. The first-order valence-electron chi connectivity index (χ1n) is 17.9. The van der Waals surface area contributed by atoms with Crippen LogP contribution in [0.1, 0.15) is 37.1 Å². The zero-order chi connectivity index (χ0) is 39.2. The van der Waals surface area contributed by atoms with E-state index in [1.54, 1.807) is 6.26 Å². The number of hydrogen-bond donors (Lipinski definition) is 3. The van der Waals surface area contributed by atoms with E-state index in [2.05, 4.69) is 144 Å². The minimum absolute atomic E-state index is 0. The molecule has 3 N–H and O–H groups in total. The van der Waals surface area contributed by atoms with Gasteiger partial charge in [-0.1, -0.05) is 124 Å². The van der Waals surface area contributed by atoms with Crippen molar-refractivity contribution in [2.75, 3.05) is 17.3 Å². The van der Waals surface area contributed by atoms with Gasteiger partial charge in [0.25, 0.3) is 0 Å². The fourth-order valence-electron chi connectivity index (χ4n) is 6.16. The van der Waals surface area contributed by atoms with Gasteiger partial charge in [-0.3, -0.25) is 0 Å². The Morgan fingerprint density at radius 2 is 0.912 bits per heavy atom. The number of rotatable bonds is 6. The van der Waals surface area contributed by atoms with E-state index in [1.165, 1.54) is 33.6 Å². The summed E-state index contributed by atoms with van der Waals surface area (Å²) in [6, 6.07) is 48.4. The molecule has 2 heterocycles. The van der Waals surface area contributed by atoms with E-state index >= 15 is 0 Å². The predicted molar refractivity (Wildman–Crippen MR) is 251 cm³/mol. The number of imidazole rings is 2. The van der Waals surface area contributed by atoms with Gasteiger partial charge in [-0.05, 0) is 105 Å². The summed E-state index contributed by atoms with van der Waals surface area (Å²) in [5.74, 6) is 0. The van der Waals surface area contributed by atoms with E-state index in [0.29, 0.717) is 0 Å². The zero-order valence-electron chi connectivity index (χ0n) is 31.9. The van der Waals surface area contributed by atoms with Crippen LogP contribution in [0.25, 0.3) is 33.9 Å². The van der Waals surface area contributed by atoms with Crippen LogP contribution >= 0.6 is 24.2 Å². The molecule has 8 rings (SSSR count). The topological polar surface area (TPSA) is 73.7 Å². The van der Waals surface area contributed by atoms with Gasteiger partial charge in [0.1, 0.15) is 0 Å². The van der Waals surface area contributed by atoms with Crippen LogP contribution in [0.3, 0.4) is 0 Å².